The van der Waals surface area contributed by atoms with Crippen molar-refractivity contribution in [1.29, 1.82) is 0 Å². The van der Waals surface area contributed by atoms with Gasteiger partial charge in [0.1, 0.15) is 5.75 Å². The zero-order valence-corrected chi connectivity index (χ0v) is 12.5. The van der Waals surface area contributed by atoms with Gasteiger partial charge in [0, 0.05) is 18.6 Å². The first-order valence-corrected chi connectivity index (χ1v) is 7.21. The van der Waals surface area contributed by atoms with Crippen LogP contribution in [0.15, 0.2) is 18.2 Å². The van der Waals surface area contributed by atoms with Crippen molar-refractivity contribution in [3.05, 3.63) is 29.3 Å². The normalized spacial score (nSPS) is 20.0. The minimum atomic E-state index is 0.392. The smallest absolute Gasteiger partial charge is 0.119 e. The van der Waals surface area contributed by atoms with Gasteiger partial charge in [-0.05, 0) is 50.0 Å². The summed E-state index contributed by atoms with van der Waals surface area (Å²) in [5.74, 6) is 1.09. The number of fused-ring (bicyclic) bond motifs is 1. The van der Waals surface area contributed by atoms with E-state index in [0.717, 1.165) is 24.9 Å². The van der Waals surface area contributed by atoms with Gasteiger partial charge >= 0.3 is 0 Å². The molecule has 1 aromatic carbocycles. The predicted molar refractivity (Wildman–Crippen MR) is 79.5 cm³/mol. The van der Waals surface area contributed by atoms with Gasteiger partial charge in [0.25, 0.3) is 0 Å². The molecule has 0 saturated heterocycles. The van der Waals surface area contributed by atoms with Gasteiger partial charge in [-0.15, -0.1) is 0 Å². The predicted octanol–water partition coefficient (Wildman–Crippen LogP) is 2.56. The average molecular weight is 262 g/mol. The Labute approximate surface area is 116 Å². The summed E-state index contributed by atoms with van der Waals surface area (Å²) in [5.41, 5.74) is 2.41. The van der Waals surface area contributed by atoms with Crippen LogP contribution in [0.5, 0.6) is 5.75 Å². The van der Waals surface area contributed by atoms with Gasteiger partial charge < -0.3 is 15.3 Å². The van der Waals surface area contributed by atoms with E-state index < -0.39 is 0 Å². The molecular weight excluding hydrogens is 236 g/mol. The highest BCUT2D eigenvalue weighted by Gasteiger charge is 2.25. The van der Waals surface area contributed by atoms with Crippen LogP contribution in [0.25, 0.3) is 0 Å². The Hall–Kier alpha value is -1.06. The van der Waals surface area contributed by atoms with E-state index in [4.69, 9.17) is 0 Å². The van der Waals surface area contributed by atoms with E-state index in [2.05, 4.69) is 44.2 Å². The van der Waals surface area contributed by atoms with Gasteiger partial charge in [0.2, 0.25) is 0 Å². The number of hydrogen-bond donors (Lipinski definition) is 2. The van der Waals surface area contributed by atoms with Crippen LogP contribution in [-0.4, -0.2) is 36.7 Å². The number of phenols is 1. The quantitative estimate of drug-likeness (QED) is 0.856. The molecule has 2 rings (SSSR count). The van der Waals surface area contributed by atoms with Crippen molar-refractivity contribution >= 4 is 0 Å². The highest BCUT2D eigenvalue weighted by Crippen LogP contribution is 2.36. The first-order valence-electron chi connectivity index (χ1n) is 7.21. The standard InChI is InChI=1S/C16H26N2O/c1-11(2)15(18(3)4)10-17-14-9-8-13-12(14)6-5-7-16(13)19/h5-7,11,14-15,17,19H,8-10H2,1-4H3. The molecule has 3 nitrogen and oxygen atoms in total. The Morgan fingerprint density at radius 2 is 2.11 bits per heavy atom. The Kier molecular flexibility index (Phi) is 4.48. The van der Waals surface area contributed by atoms with E-state index in [0.29, 0.717) is 23.8 Å². The van der Waals surface area contributed by atoms with E-state index in [9.17, 15) is 5.11 Å². The fourth-order valence-corrected chi connectivity index (χ4v) is 3.12. The number of nitrogens with one attached hydrogen (secondary N) is 1. The molecule has 1 aliphatic rings. The summed E-state index contributed by atoms with van der Waals surface area (Å²) in [6.45, 7) is 5.52. The Morgan fingerprint density at radius 3 is 2.74 bits per heavy atom. The van der Waals surface area contributed by atoms with Crippen molar-refractivity contribution in [2.75, 3.05) is 20.6 Å². The largest absolute Gasteiger partial charge is 0.508 e. The summed E-state index contributed by atoms with van der Waals surface area (Å²) in [6.07, 6.45) is 2.07. The highest BCUT2D eigenvalue weighted by atomic mass is 16.3. The van der Waals surface area contributed by atoms with Crippen molar-refractivity contribution in [3.63, 3.8) is 0 Å². The van der Waals surface area contributed by atoms with Crippen molar-refractivity contribution in [2.24, 2.45) is 5.92 Å². The third-order valence-electron chi connectivity index (χ3n) is 4.25. The number of likely N-dealkylation sites (N-methyl/N-ethyl adjacent to an activating group) is 1. The first kappa shape index (κ1) is 14.4. The molecular formula is C16H26N2O. The summed E-state index contributed by atoms with van der Waals surface area (Å²) < 4.78 is 0. The van der Waals surface area contributed by atoms with E-state index in [1.54, 1.807) is 6.07 Å². The monoisotopic (exact) mass is 262 g/mol. The highest BCUT2D eigenvalue weighted by molar-refractivity contribution is 5.44. The number of rotatable bonds is 5. The molecule has 0 fully saturated rings. The Morgan fingerprint density at radius 1 is 1.37 bits per heavy atom. The number of nitrogens with zero attached hydrogens (tertiary/aromatic N) is 1. The molecule has 0 saturated carbocycles. The summed E-state index contributed by atoms with van der Waals surface area (Å²) >= 11 is 0. The lowest BCUT2D eigenvalue weighted by Crippen LogP contribution is -2.42. The fraction of sp³-hybridized carbons (Fsp3) is 0.625. The van der Waals surface area contributed by atoms with Crippen molar-refractivity contribution < 1.29 is 5.11 Å². The zero-order chi connectivity index (χ0) is 14.0. The van der Waals surface area contributed by atoms with Crippen LogP contribution in [0, 0.1) is 5.92 Å². The average Bonchev–Trinajstić information content (AvgIpc) is 2.73. The van der Waals surface area contributed by atoms with Gasteiger partial charge in [-0.3, -0.25) is 0 Å². The zero-order valence-electron chi connectivity index (χ0n) is 12.5. The van der Waals surface area contributed by atoms with Crippen LogP contribution in [-0.2, 0) is 6.42 Å². The number of aromatic hydroxyl groups is 1. The molecule has 0 amide bonds. The van der Waals surface area contributed by atoms with Gasteiger partial charge in [0.15, 0.2) is 0 Å². The molecule has 0 bridgehead atoms. The number of hydrogen-bond acceptors (Lipinski definition) is 3. The SMILES string of the molecule is CC(C)C(CNC1CCc2c(O)cccc21)N(C)C. The minimum Gasteiger partial charge on any atom is -0.508 e. The van der Waals surface area contributed by atoms with Crippen LogP contribution < -0.4 is 5.32 Å². The maximum Gasteiger partial charge on any atom is 0.119 e. The van der Waals surface area contributed by atoms with E-state index in [1.165, 1.54) is 5.56 Å². The van der Waals surface area contributed by atoms with Crippen molar-refractivity contribution in [1.82, 2.24) is 10.2 Å². The first-order chi connectivity index (χ1) is 9.00. The molecule has 3 heteroatoms. The maximum atomic E-state index is 9.87. The second-order valence-corrected chi connectivity index (χ2v) is 6.12. The second kappa shape index (κ2) is 5.93. The third kappa shape index (κ3) is 3.10. The molecule has 0 heterocycles. The third-order valence-corrected chi connectivity index (χ3v) is 4.25. The number of benzene rings is 1. The Bertz CT molecular complexity index is 421. The summed E-state index contributed by atoms with van der Waals surface area (Å²) in [4.78, 5) is 2.29. The van der Waals surface area contributed by atoms with E-state index in [1.807, 2.05) is 6.07 Å². The lowest BCUT2D eigenvalue weighted by Gasteiger charge is -2.29. The van der Waals surface area contributed by atoms with Gasteiger partial charge in [0.05, 0.1) is 0 Å². The lowest BCUT2D eigenvalue weighted by molar-refractivity contribution is 0.218. The minimum absolute atomic E-state index is 0.392. The van der Waals surface area contributed by atoms with Crippen LogP contribution in [0.3, 0.4) is 0 Å². The van der Waals surface area contributed by atoms with Crippen LogP contribution in [0.2, 0.25) is 0 Å². The molecule has 19 heavy (non-hydrogen) atoms. The van der Waals surface area contributed by atoms with E-state index >= 15 is 0 Å². The summed E-state index contributed by atoms with van der Waals surface area (Å²) in [7, 11) is 4.28. The molecule has 0 aliphatic heterocycles. The second-order valence-electron chi connectivity index (χ2n) is 6.12. The van der Waals surface area contributed by atoms with E-state index in [-0.39, 0.29) is 0 Å². The van der Waals surface area contributed by atoms with Crippen LogP contribution >= 0.6 is 0 Å². The molecule has 2 atom stereocenters. The molecule has 2 unspecified atom stereocenters. The fourth-order valence-electron chi connectivity index (χ4n) is 3.12. The molecule has 0 spiro atoms. The van der Waals surface area contributed by atoms with Crippen LogP contribution in [0.1, 0.15) is 37.4 Å². The molecule has 106 valence electrons. The molecule has 0 radical (unpaired) electrons. The Balaban J connectivity index is 2.01. The lowest BCUT2D eigenvalue weighted by atomic mass is 10.0. The van der Waals surface area contributed by atoms with Crippen LogP contribution in [0.4, 0.5) is 0 Å². The van der Waals surface area contributed by atoms with Gasteiger partial charge in [-0.1, -0.05) is 26.0 Å². The molecule has 0 aromatic heterocycles. The topological polar surface area (TPSA) is 35.5 Å². The molecule has 2 N–H and O–H groups in total. The number of phenolic OH excluding ortho intramolecular Hbond substituents is 1. The van der Waals surface area contributed by atoms with Crippen molar-refractivity contribution in [2.45, 2.75) is 38.8 Å². The molecule has 1 aliphatic carbocycles. The van der Waals surface area contributed by atoms with Crippen molar-refractivity contribution in [3.8, 4) is 5.75 Å². The molecule has 1 aromatic rings. The van der Waals surface area contributed by atoms with Gasteiger partial charge in [-0.2, -0.15) is 0 Å². The maximum absolute atomic E-state index is 9.87. The summed E-state index contributed by atoms with van der Waals surface area (Å²) in [5, 5.41) is 13.5. The summed E-state index contributed by atoms with van der Waals surface area (Å²) in [6, 6.07) is 6.81. The van der Waals surface area contributed by atoms with Gasteiger partial charge in [-0.25, -0.2) is 0 Å².